The molecule has 7 heteroatoms. The van der Waals surface area contributed by atoms with Gasteiger partial charge < -0.3 is 24.7 Å². The van der Waals surface area contributed by atoms with E-state index in [2.05, 4.69) is 13.0 Å². The van der Waals surface area contributed by atoms with Gasteiger partial charge in [0, 0.05) is 11.6 Å². The van der Waals surface area contributed by atoms with Gasteiger partial charge in [-0.2, -0.15) is 5.26 Å². The Bertz CT molecular complexity index is 1330. The first kappa shape index (κ1) is 24.7. The Labute approximate surface area is 210 Å². The predicted octanol–water partition coefficient (Wildman–Crippen LogP) is 5.70. The molecule has 2 N–H and O–H groups in total. The third kappa shape index (κ3) is 5.44. The molecule has 0 fully saturated rings. The van der Waals surface area contributed by atoms with Gasteiger partial charge in [0.2, 0.25) is 5.88 Å². The summed E-state index contributed by atoms with van der Waals surface area (Å²) in [5.41, 5.74) is 8.40. The lowest BCUT2D eigenvalue weighted by molar-refractivity contribution is 0.0734. The number of unbranched alkanes of at least 4 members (excludes halogenated alkanes) is 2. The predicted molar refractivity (Wildman–Crippen MR) is 135 cm³/mol. The third-order valence-electron chi connectivity index (χ3n) is 5.91. The highest BCUT2D eigenvalue weighted by Crippen LogP contribution is 2.44. The summed E-state index contributed by atoms with van der Waals surface area (Å²) < 4.78 is 22.4. The zero-order valence-corrected chi connectivity index (χ0v) is 20.3. The number of ether oxygens (including phenoxy) is 4. The summed E-state index contributed by atoms with van der Waals surface area (Å²) >= 11 is 0. The second-order valence-electron chi connectivity index (χ2n) is 8.37. The molecule has 0 saturated carbocycles. The minimum atomic E-state index is -0.532. The number of fused-ring (bicyclic) bond motifs is 1. The van der Waals surface area contributed by atoms with Gasteiger partial charge >= 0.3 is 5.97 Å². The van der Waals surface area contributed by atoms with Crippen LogP contribution in [0.15, 0.2) is 78.2 Å². The number of benzene rings is 3. The monoisotopic (exact) mass is 484 g/mol. The summed E-state index contributed by atoms with van der Waals surface area (Å²) in [5, 5.41) is 9.85. The number of nitrogens with zero attached hydrogens (tertiary/aromatic N) is 1. The van der Waals surface area contributed by atoms with Crippen LogP contribution in [-0.4, -0.2) is 19.7 Å². The second kappa shape index (κ2) is 11.3. The Hall–Kier alpha value is -4.44. The van der Waals surface area contributed by atoms with Crippen molar-refractivity contribution in [3.63, 3.8) is 0 Å². The van der Waals surface area contributed by atoms with Crippen LogP contribution >= 0.6 is 0 Å². The Kier molecular flexibility index (Phi) is 7.76. The number of rotatable bonds is 9. The van der Waals surface area contributed by atoms with Gasteiger partial charge in [-0.3, -0.25) is 0 Å². The van der Waals surface area contributed by atoms with E-state index < -0.39 is 11.9 Å². The van der Waals surface area contributed by atoms with Gasteiger partial charge in [0.05, 0.1) is 25.2 Å². The lowest BCUT2D eigenvalue weighted by Crippen LogP contribution is -2.21. The van der Waals surface area contributed by atoms with Crippen molar-refractivity contribution >= 4 is 5.97 Å². The average Bonchev–Trinajstić information content (AvgIpc) is 2.90. The highest BCUT2D eigenvalue weighted by Gasteiger charge is 2.31. The van der Waals surface area contributed by atoms with Gasteiger partial charge in [-0.15, -0.1) is 0 Å². The minimum absolute atomic E-state index is 0.0144. The van der Waals surface area contributed by atoms with Gasteiger partial charge in [0.15, 0.2) is 0 Å². The molecular formula is C29H28N2O5. The highest BCUT2D eigenvalue weighted by molar-refractivity contribution is 5.91. The molecule has 0 bridgehead atoms. The number of nitriles is 1. The van der Waals surface area contributed by atoms with E-state index in [-0.39, 0.29) is 5.88 Å². The minimum Gasteiger partial charge on any atom is -0.497 e. The number of carbonyl (C=O) groups is 1. The normalized spacial score (nSPS) is 14.3. The molecule has 1 aliphatic rings. The Balaban J connectivity index is 1.61. The van der Waals surface area contributed by atoms with Crippen molar-refractivity contribution in [3.8, 4) is 29.1 Å². The van der Waals surface area contributed by atoms with Crippen LogP contribution in [0.5, 0.6) is 23.0 Å². The molecule has 36 heavy (non-hydrogen) atoms. The van der Waals surface area contributed by atoms with E-state index in [1.165, 1.54) is 7.11 Å². The zero-order chi connectivity index (χ0) is 25.5. The molecule has 1 unspecified atom stereocenters. The largest absolute Gasteiger partial charge is 0.497 e. The Morgan fingerprint density at radius 1 is 1.03 bits per heavy atom. The van der Waals surface area contributed by atoms with Gasteiger partial charge in [-0.1, -0.05) is 44.0 Å². The van der Waals surface area contributed by atoms with Crippen LogP contribution in [0.25, 0.3) is 0 Å². The van der Waals surface area contributed by atoms with Gasteiger partial charge in [-0.05, 0) is 48.4 Å². The van der Waals surface area contributed by atoms with Crippen molar-refractivity contribution in [2.45, 2.75) is 32.1 Å². The van der Waals surface area contributed by atoms with Crippen molar-refractivity contribution in [2.75, 3.05) is 13.7 Å². The number of esters is 1. The van der Waals surface area contributed by atoms with E-state index in [1.54, 1.807) is 42.5 Å². The molecule has 4 rings (SSSR count). The summed E-state index contributed by atoms with van der Waals surface area (Å²) in [4.78, 5) is 12.7. The standard InChI is InChI=1S/C29H28N2O5/c1-3-4-5-14-34-22-11-6-8-19(15-22)27-24-13-12-23(17-26(24)36-28(31)25(27)18-30)35-29(32)20-9-7-10-21(16-20)33-2/h6-13,15-17,27H,3-5,14,31H2,1-2H3. The molecule has 0 aromatic heterocycles. The molecule has 1 atom stereocenters. The van der Waals surface area contributed by atoms with Crippen molar-refractivity contribution in [1.82, 2.24) is 0 Å². The summed E-state index contributed by atoms with van der Waals surface area (Å²) in [7, 11) is 1.53. The number of methoxy groups -OCH3 is 1. The Morgan fingerprint density at radius 2 is 1.83 bits per heavy atom. The topological polar surface area (TPSA) is 104 Å². The fourth-order valence-corrected chi connectivity index (χ4v) is 4.08. The van der Waals surface area contributed by atoms with E-state index >= 15 is 0 Å². The van der Waals surface area contributed by atoms with Crippen LogP contribution in [0, 0.1) is 11.3 Å². The van der Waals surface area contributed by atoms with Crippen LogP contribution in [-0.2, 0) is 0 Å². The van der Waals surface area contributed by atoms with Gasteiger partial charge in [-0.25, -0.2) is 4.79 Å². The molecule has 1 heterocycles. The van der Waals surface area contributed by atoms with E-state index in [0.717, 1.165) is 36.1 Å². The lowest BCUT2D eigenvalue weighted by Gasteiger charge is -2.27. The van der Waals surface area contributed by atoms with Crippen LogP contribution < -0.4 is 24.7 Å². The molecule has 3 aromatic rings. The first-order chi connectivity index (χ1) is 17.5. The summed E-state index contributed by atoms with van der Waals surface area (Å²) in [6.45, 7) is 2.78. The van der Waals surface area contributed by atoms with Crippen LogP contribution in [0.4, 0.5) is 0 Å². The zero-order valence-electron chi connectivity index (χ0n) is 20.3. The number of carbonyl (C=O) groups excluding carboxylic acids is 1. The SMILES string of the molecule is CCCCCOc1cccc(C2C(C#N)=C(N)Oc3cc(OC(=O)c4cccc(OC)c4)ccc32)c1. The smallest absolute Gasteiger partial charge is 0.343 e. The molecule has 0 radical (unpaired) electrons. The van der Waals surface area contributed by atoms with Crippen molar-refractivity contribution in [1.29, 1.82) is 5.26 Å². The highest BCUT2D eigenvalue weighted by atomic mass is 16.5. The van der Waals surface area contributed by atoms with Crippen molar-refractivity contribution in [3.05, 3.63) is 94.9 Å². The summed E-state index contributed by atoms with van der Waals surface area (Å²) in [5.74, 6) is 1.04. The number of hydrogen-bond donors (Lipinski definition) is 1. The molecule has 7 nitrogen and oxygen atoms in total. The molecule has 0 saturated heterocycles. The van der Waals surface area contributed by atoms with Crippen molar-refractivity contribution in [2.24, 2.45) is 5.73 Å². The maximum absolute atomic E-state index is 12.7. The fraction of sp³-hybridized carbons (Fsp3) is 0.241. The summed E-state index contributed by atoms with van der Waals surface area (Å²) in [6, 6.07) is 21.6. The second-order valence-corrected chi connectivity index (χ2v) is 8.37. The lowest BCUT2D eigenvalue weighted by atomic mass is 9.83. The average molecular weight is 485 g/mol. The summed E-state index contributed by atoms with van der Waals surface area (Å²) in [6.07, 6.45) is 3.21. The third-order valence-corrected chi connectivity index (χ3v) is 5.91. The maximum atomic E-state index is 12.7. The number of nitrogens with two attached hydrogens (primary N) is 1. The molecule has 1 aliphatic heterocycles. The van der Waals surface area contributed by atoms with E-state index in [4.69, 9.17) is 24.7 Å². The maximum Gasteiger partial charge on any atom is 0.343 e. The molecule has 3 aromatic carbocycles. The molecular weight excluding hydrogens is 456 g/mol. The molecule has 0 amide bonds. The quantitative estimate of drug-likeness (QED) is 0.236. The molecule has 0 aliphatic carbocycles. The number of hydrogen-bond acceptors (Lipinski definition) is 7. The van der Waals surface area contributed by atoms with E-state index in [0.29, 0.717) is 35.0 Å². The first-order valence-corrected chi connectivity index (χ1v) is 11.8. The van der Waals surface area contributed by atoms with E-state index in [1.807, 2.05) is 24.3 Å². The number of allylic oxidation sites excluding steroid dienone is 1. The molecule has 184 valence electrons. The van der Waals surface area contributed by atoms with E-state index in [9.17, 15) is 10.1 Å². The molecule has 0 spiro atoms. The Morgan fingerprint density at radius 3 is 2.61 bits per heavy atom. The van der Waals surface area contributed by atoms with Crippen LogP contribution in [0.3, 0.4) is 0 Å². The van der Waals surface area contributed by atoms with Crippen LogP contribution in [0.1, 0.15) is 53.6 Å². The van der Waals surface area contributed by atoms with Crippen LogP contribution in [0.2, 0.25) is 0 Å². The van der Waals surface area contributed by atoms with Crippen molar-refractivity contribution < 1.29 is 23.7 Å². The van der Waals surface area contributed by atoms with Gasteiger partial charge in [0.1, 0.15) is 34.6 Å². The first-order valence-electron chi connectivity index (χ1n) is 11.8. The fourth-order valence-electron chi connectivity index (χ4n) is 4.08. The van der Waals surface area contributed by atoms with Gasteiger partial charge in [0.25, 0.3) is 0 Å².